The summed E-state index contributed by atoms with van der Waals surface area (Å²) < 4.78 is 40.5. The number of nitrogens with zero attached hydrogens (tertiary/aromatic N) is 1. The third kappa shape index (κ3) is 4.51. The average Bonchev–Trinajstić information content (AvgIpc) is 2.36. The second-order valence-corrected chi connectivity index (χ2v) is 7.95. The minimum absolute atomic E-state index is 0.0564. The summed E-state index contributed by atoms with van der Waals surface area (Å²) in [6.07, 6.45) is 0. The fraction of sp³-hybridized carbons (Fsp3) is 0.533. The third-order valence-electron chi connectivity index (χ3n) is 2.92. The van der Waals surface area contributed by atoms with Gasteiger partial charge in [0.25, 0.3) is 0 Å². The van der Waals surface area contributed by atoms with Gasteiger partial charge in [-0.2, -0.15) is 4.31 Å². The van der Waals surface area contributed by atoms with Gasteiger partial charge in [0.2, 0.25) is 10.0 Å². The smallest absolute Gasteiger partial charge is 0.246 e. The number of aromatic carboxylic acids is 1. The molecule has 0 spiro atoms. The highest BCUT2D eigenvalue weighted by Gasteiger charge is 2.29. The maximum atomic E-state index is 13.9. The molecule has 1 aromatic rings. The first-order chi connectivity index (χ1) is 10.1. The number of hydrogen-bond donors (Lipinski definition) is 0. The molecule has 0 atom stereocenters. The lowest BCUT2D eigenvalue weighted by molar-refractivity contribution is -0.255. The molecular weight excluding hydrogens is 309 g/mol. The largest absolute Gasteiger partial charge is 0.545 e. The summed E-state index contributed by atoms with van der Waals surface area (Å²) >= 11 is 0. The second-order valence-electron chi connectivity index (χ2n) is 6.04. The number of benzene rings is 1. The molecule has 0 heterocycles. The summed E-state index contributed by atoms with van der Waals surface area (Å²) in [7, 11) is -4.11. The van der Waals surface area contributed by atoms with E-state index in [1.807, 2.05) is 27.7 Å². The standard InChI is InChI=1S/C15H22FNO4S/c1-10(2)8-17(9-11(3)4)22(20,21)14-7-12(15(18)19)5-6-13(14)16/h5-7,10-11H,8-9H2,1-4H3,(H,18,19)/p-1. The summed E-state index contributed by atoms with van der Waals surface area (Å²) in [5, 5.41) is 10.9. The van der Waals surface area contributed by atoms with E-state index in [0.717, 1.165) is 18.2 Å². The zero-order valence-corrected chi connectivity index (χ0v) is 14.0. The van der Waals surface area contributed by atoms with Crippen molar-refractivity contribution in [2.75, 3.05) is 13.1 Å². The number of hydrogen-bond acceptors (Lipinski definition) is 4. The fourth-order valence-corrected chi connectivity index (χ4v) is 3.91. The highest BCUT2D eigenvalue weighted by Crippen LogP contribution is 2.22. The quantitative estimate of drug-likeness (QED) is 0.759. The Kier molecular flexibility index (Phi) is 6.08. The predicted molar refractivity (Wildman–Crippen MR) is 79.2 cm³/mol. The van der Waals surface area contributed by atoms with E-state index in [1.165, 1.54) is 4.31 Å². The minimum atomic E-state index is -4.11. The van der Waals surface area contributed by atoms with Gasteiger partial charge in [0.05, 0.1) is 5.97 Å². The van der Waals surface area contributed by atoms with E-state index in [-0.39, 0.29) is 30.5 Å². The number of carboxylic acids is 1. The number of carbonyl (C=O) groups is 1. The van der Waals surface area contributed by atoms with E-state index in [0.29, 0.717) is 0 Å². The Bertz CT molecular complexity index is 631. The highest BCUT2D eigenvalue weighted by molar-refractivity contribution is 7.89. The molecule has 0 saturated heterocycles. The monoisotopic (exact) mass is 330 g/mol. The van der Waals surface area contributed by atoms with Gasteiger partial charge in [-0.05, 0) is 29.5 Å². The molecule has 7 heteroatoms. The van der Waals surface area contributed by atoms with Crippen molar-refractivity contribution in [1.29, 1.82) is 0 Å². The third-order valence-corrected chi connectivity index (χ3v) is 4.77. The zero-order valence-electron chi connectivity index (χ0n) is 13.2. The molecule has 22 heavy (non-hydrogen) atoms. The average molecular weight is 330 g/mol. The van der Waals surface area contributed by atoms with Crippen LogP contribution in [0, 0.1) is 17.7 Å². The summed E-state index contributed by atoms with van der Waals surface area (Å²) in [5.41, 5.74) is -0.367. The normalized spacial score (nSPS) is 12.4. The highest BCUT2D eigenvalue weighted by atomic mass is 32.2. The van der Waals surface area contributed by atoms with Gasteiger partial charge in [-0.1, -0.05) is 33.8 Å². The Morgan fingerprint density at radius 3 is 2.09 bits per heavy atom. The number of halogens is 1. The molecule has 0 amide bonds. The SMILES string of the molecule is CC(C)CN(CC(C)C)S(=O)(=O)c1cc(C(=O)[O-])ccc1F. The molecule has 5 nitrogen and oxygen atoms in total. The molecule has 0 N–H and O–H groups in total. The summed E-state index contributed by atoms with van der Waals surface area (Å²) in [5.74, 6) is -2.40. The fourth-order valence-electron chi connectivity index (χ4n) is 2.05. The lowest BCUT2D eigenvalue weighted by Crippen LogP contribution is -2.37. The molecule has 0 aliphatic rings. The number of carboxylic acid groups (broad SMARTS) is 1. The molecule has 0 fully saturated rings. The maximum absolute atomic E-state index is 13.9. The second kappa shape index (κ2) is 7.19. The Morgan fingerprint density at radius 1 is 1.18 bits per heavy atom. The molecule has 124 valence electrons. The van der Waals surface area contributed by atoms with Crippen molar-refractivity contribution in [1.82, 2.24) is 4.31 Å². The van der Waals surface area contributed by atoms with Gasteiger partial charge < -0.3 is 9.90 Å². The van der Waals surface area contributed by atoms with Crippen LogP contribution in [-0.4, -0.2) is 31.8 Å². The van der Waals surface area contributed by atoms with Gasteiger partial charge in [-0.15, -0.1) is 0 Å². The first-order valence-electron chi connectivity index (χ1n) is 7.06. The molecule has 1 rings (SSSR count). The van der Waals surface area contributed by atoms with Crippen molar-refractivity contribution in [2.24, 2.45) is 11.8 Å². The Morgan fingerprint density at radius 2 is 1.68 bits per heavy atom. The van der Waals surface area contributed by atoms with Crippen LogP contribution in [0.15, 0.2) is 23.1 Å². The molecule has 0 saturated carbocycles. The van der Waals surface area contributed by atoms with Crippen LogP contribution >= 0.6 is 0 Å². The van der Waals surface area contributed by atoms with Crippen LogP contribution in [0.1, 0.15) is 38.1 Å². The van der Waals surface area contributed by atoms with Crippen LogP contribution in [0.3, 0.4) is 0 Å². The van der Waals surface area contributed by atoms with Crippen LogP contribution in [0.25, 0.3) is 0 Å². The van der Waals surface area contributed by atoms with Crippen molar-refractivity contribution in [3.63, 3.8) is 0 Å². The number of sulfonamides is 1. The van der Waals surface area contributed by atoms with Gasteiger partial charge >= 0.3 is 0 Å². The zero-order chi connectivity index (χ0) is 17.1. The van der Waals surface area contributed by atoms with E-state index in [1.54, 1.807) is 0 Å². The molecular formula is C15H21FNO4S-. The maximum Gasteiger partial charge on any atom is 0.246 e. The summed E-state index contributed by atoms with van der Waals surface area (Å²) in [6.45, 7) is 7.90. The van der Waals surface area contributed by atoms with Crippen molar-refractivity contribution in [3.8, 4) is 0 Å². The Hall–Kier alpha value is -1.47. The van der Waals surface area contributed by atoms with E-state index in [9.17, 15) is 22.7 Å². The summed E-state index contributed by atoms with van der Waals surface area (Å²) in [4.78, 5) is 10.2. The van der Waals surface area contributed by atoms with Gasteiger partial charge in [0.1, 0.15) is 10.7 Å². The number of carbonyl (C=O) groups excluding carboxylic acids is 1. The van der Waals surface area contributed by atoms with Crippen molar-refractivity contribution in [3.05, 3.63) is 29.6 Å². The van der Waals surface area contributed by atoms with E-state index < -0.39 is 26.7 Å². The first kappa shape index (κ1) is 18.6. The van der Waals surface area contributed by atoms with Crippen molar-refractivity contribution >= 4 is 16.0 Å². The first-order valence-corrected chi connectivity index (χ1v) is 8.50. The number of rotatable bonds is 7. The topological polar surface area (TPSA) is 77.5 Å². The molecule has 0 aromatic heterocycles. The van der Waals surface area contributed by atoms with Crippen LogP contribution in [0.4, 0.5) is 4.39 Å². The van der Waals surface area contributed by atoms with Gasteiger partial charge in [0, 0.05) is 13.1 Å². The minimum Gasteiger partial charge on any atom is -0.545 e. The molecule has 0 unspecified atom stereocenters. The summed E-state index contributed by atoms with van der Waals surface area (Å²) in [6, 6.07) is 2.63. The van der Waals surface area contributed by atoms with Crippen LogP contribution in [0.5, 0.6) is 0 Å². The molecule has 0 aliphatic heterocycles. The predicted octanol–water partition coefficient (Wildman–Crippen LogP) is 1.49. The lowest BCUT2D eigenvalue weighted by atomic mass is 10.2. The molecule has 0 aliphatic carbocycles. The van der Waals surface area contributed by atoms with Crippen molar-refractivity contribution < 1.29 is 22.7 Å². The van der Waals surface area contributed by atoms with Crippen LogP contribution in [0.2, 0.25) is 0 Å². The lowest BCUT2D eigenvalue weighted by Gasteiger charge is -2.26. The Labute approximate surface area is 130 Å². The van der Waals surface area contributed by atoms with Crippen molar-refractivity contribution in [2.45, 2.75) is 32.6 Å². The molecule has 0 radical (unpaired) electrons. The van der Waals surface area contributed by atoms with Crippen LogP contribution in [-0.2, 0) is 10.0 Å². The molecule has 1 aromatic carbocycles. The van der Waals surface area contributed by atoms with Gasteiger partial charge in [-0.25, -0.2) is 12.8 Å². The van der Waals surface area contributed by atoms with E-state index in [2.05, 4.69) is 0 Å². The van der Waals surface area contributed by atoms with Crippen LogP contribution < -0.4 is 5.11 Å². The van der Waals surface area contributed by atoms with E-state index >= 15 is 0 Å². The van der Waals surface area contributed by atoms with E-state index in [4.69, 9.17) is 0 Å². The molecule has 0 bridgehead atoms. The van der Waals surface area contributed by atoms with Gasteiger partial charge in [0.15, 0.2) is 0 Å². The Balaban J connectivity index is 3.35. The van der Waals surface area contributed by atoms with Gasteiger partial charge in [-0.3, -0.25) is 0 Å².